The van der Waals surface area contributed by atoms with Gasteiger partial charge in [0.1, 0.15) is 6.04 Å². The van der Waals surface area contributed by atoms with Gasteiger partial charge < -0.3 is 0 Å². The predicted octanol–water partition coefficient (Wildman–Crippen LogP) is 1.92. The molecular weight excluding hydrogens is 260 g/mol. The van der Waals surface area contributed by atoms with Gasteiger partial charge in [0.2, 0.25) is 10.0 Å². The summed E-state index contributed by atoms with van der Waals surface area (Å²) in [6, 6.07) is 7.22. The predicted molar refractivity (Wildman–Crippen MR) is 63.9 cm³/mol. The van der Waals surface area contributed by atoms with Crippen LogP contribution < -0.4 is 4.72 Å². The number of nitrogens with one attached hydrogen (secondary N) is 1. The van der Waals surface area contributed by atoms with Crippen molar-refractivity contribution in [2.75, 3.05) is 0 Å². The van der Waals surface area contributed by atoms with Crippen LogP contribution in [0.2, 0.25) is 5.02 Å². The van der Waals surface area contributed by atoms with E-state index in [1.165, 1.54) is 24.3 Å². The smallest absolute Gasteiger partial charge is 0.207 e. The zero-order chi connectivity index (χ0) is 12.5. The molecule has 0 heterocycles. The summed E-state index contributed by atoms with van der Waals surface area (Å²) in [6.45, 7) is 0. The van der Waals surface area contributed by atoms with E-state index in [2.05, 4.69) is 4.72 Å². The quantitative estimate of drug-likeness (QED) is 0.909. The lowest BCUT2D eigenvalue weighted by molar-refractivity contribution is 0.560. The lowest BCUT2D eigenvalue weighted by Gasteiger charge is -2.11. The van der Waals surface area contributed by atoms with E-state index in [0.717, 1.165) is 12.8 Å². The molecule has 2 rings (SSSR count). The minimum absolute atomic E-state index is 0.128. The highest BCUT2D eigenvalue weighted by atomic mass is 35.5. The Labute approximate surface area is 105 Å². The molecule has 1 aliphatic rings. The minimum Gasteiger partial charge on any atom is -0.207 e. The maximum absolute atomic E-state index is 11.9. The van der Waals surface area contributed by atoms with Crippen LogP contribution in [0.1, 0.15) is 12.8 Å². The first-order valence-corrected chi connectivity index (χ1v) is 7.06. The van der Waals surface area contributed by atoms with Gasteiger partial charge in [-0.3, -0.25) is 0 Å². The van der Waals surface area contributed by atoms with Gasteiger partial charge in [0.25, 0.3) is 0 Å². The number of nitrogens with zero attached hydrogens (tertiary/aromatic N) is 1. The van der Waals surface area contributed by atoms with Crippen molar-refractivity contribution < 1.29 is 8.42 Å². The zero-order valence-corrected chi connectivity index (χ0v) is 10.5. The number of rotatable bonds is 4. The van der Waals surface area contributed by atoms with Crippen LogP contribution in [0.3, 0.4) is 0 Å². The van der Waals surface area contributed by atoms with E-state index in [0.29, 0.717) is 5.02 Å². The first kappa shape index (κ1) is 12.4. The molecule has 90 valence electrons. The summed E-state index contributed by atoms with van der Waals surface area (Å²) in [5.41, 5.74) is 0. The fraction of sp³-hybridized carbons (Fsp3) is 0.364. The molecule has 1 aromatic carbocycles. The third kappa shape index (κ3) is 2.97. The van der Waals surface area contributed by atoms with Gasteiger partial charge in [-0.2, -0.15) is 9.98 Å². The Balaban J connectivity index is 2.18. The largest absolute Gasteiger partial charge is 0.241 e. The maximum atomic E-state index is 11.9. The van der Waals surface area contributed by atoms with E-state index in [1.54, 1.807) is 0 Å². The van der Waals surface area contributed by atoms with E-state index in [9.17, 15) is 8.42 Å². The third-order valence-corrected chi connectivity index (χ3v) is 4.35. The van der Waals surface area contributed by atoms with E-state index in [-0.39, 0.29) is 10.8 Å². The highest BCUT2D eigenvalue weighted by molar-refractivity contribution is 7.89. The number of hydrogen-bond donors (Lipinski definition) is 1. The molecule has 0 radical (unpaired) electrons. The SMILES string of the molecule is N#CC(NS(=O)(=O)c1ccc(Cl)cc1)C1CC1. The third-order valence-electron chi connectivity index (χ3n) is 2.64. The molecule has 1 saturated carbocycles. The second kappa shape index (κ2) is 4.65. The van der Waals surface area contributed by atoms with Gasteiger partial charge in [0, 0.05) is 5.02 Å². The monoisotopic (exact) mass is 270 g/mol. The number of benzene rings is 1. The van der Waals surface area contributed by atoms with Crippen LogP contribution in [0.25, 0.3) is 0 Å². The van der Waals surface area contributed by atoms with E-state index in [4.69, 9.17) is 16.9 Å². The molecule has 1 unspecified atom stereocenters. The molecule has 1 N–H and O–H groups in total. The molecule has 1 fully saturated rings. The van der Waals surface area contributed by atoms with Gasteiger partial charge in [-0.25, -0.2) is 8.42 Å². The molecule has 0 saturated heterocycles. The molecular formula is C11H11ClN2O2S. The summed E-state index contributed by atoms with van der Waals surface area (Å²) >= 11 is 5.69. The molecule has 0 bridgehead atoms. The number of hydrogen-bond acceptors (Lipinski definition) is 3. The first-order valence-electron chi connectivity index (χ1n) is 5.20. The van der Waals surface area contributed by atoms with Crippen LogP contribution in [-0.2, 0) is 10.0 Å². The molecule has 17 heavy (non-hydrogen) atoms. The summed E-state index contributed by atoms with van der Waals surface area (Å²) in [6.07, 6.45) is 1.81. The van der Waals surface area contributed by atoms with Crippen LogP contribution in [0.4, 0.5) is 0 Å². The number of nitriles is 1. The normalized spacial score (nSPS) is 17.4. The van der Waals surface area contributed by atoms with Gasteiger partial charge in [-0.05, 0) is 43.0 Å². The fourth-order valence-corrected chi connectivity index (χ4v) is 2.84. The Bertz CT molecular complexity index is 544. The van der Waals surface area contributed by atoms with Crippen molar-refractivity contribution in [3.8, 4) is 6.07 Å². The Morgan fingerprint density at radius 3 is 2.41 bits per heavy atom. The highest BCUT2D eigenvalue weighted by Gasteiger charge is 2.34. The molecule has 0 aromatic heterocycles. The van der Waals surface area contributed by atoms with Crippen molar-refractivity contribution in [3.63, 3.8) is 0 Å². The van der Waals surface area contributed by atoms with Crippen molar-refractivity contribution in [1.29, 1.82) is 5.26 Å². The highest BCUT2D eigenvalue weighted by Crippen LogP contribution is 2.33. The molecule has 1 aromatic rings. The molecule has 0 aliphatic heterocycles. The second-order valence-electron chi connectivity index (χ2n) is 4.02. The summed E-state index contributed by atoms with van der Waals surface area (Å²) < 4.78 is 26.3. The van der Waals surface area contributed by atoms with Gasteiger partial charge in [0.05, 0.1) is 11.0 Å². The van der Waals surface area contributed by atoms with E-state index < -0.39 is 16.1 Å². The van der Waals surface area contributed by atoms with E-state index >= 15 is 0 Å². The molecule has 0 amide bonds. The lowest BCUT2D eigenvalue weighted by Crippen LogP contribution is -2.35. The average molecular weight is 271 g/mol. The van der Waals surface area contributed by atoms with Crippen molar-refractivity contribution in [2.45, 2.75) is 23.8 Å². The van der Waals surface area contributed by atoms with Crippen LogP contribution in [0.15, 0.2) is 29.2 Å². The van der Waals surface area contributed by atoms with Gasteiger partial charge in [-0.15, -0.1) is 0 Å². The number of halogens is 1. The maximum Gasteiger partial charge on any atom is 0.241 e. The van der Waals surface area contributed by atoms with Crippen molar-refractivity contribution in [2.24, 2.45) is 5.92 Å². The molecule has 1 atom stereocenters. The van der Waals surface area contributed by atoms with Crippen molar-refractivity contribution >= 4 is 21.6 Å². The number of sulfonamides is 1. The second-order valence-corrected chi connectivity index (χ2v) is 6.17. The van der Waals surface area contributed by atoms with Crippen LogP contribution in [0.5, 0.6) is 0 Å². The van der Waals surface area contributed by atoms with Crippen molar-refractivity contribution in [3.05, 3.63) is 29.3 Å². The van der Waals surface area contributed by atoms with Crippen LogP contribution in [0, 0.1) is 17.2 Å². The van der Waals surface area contributed by atoms with Gasteiger partial charge >= 0.3 is 0 Å². The molecule has 0 spiro atoms. The summed E-state index contributed by atoms with van der Waals surface area (Å²) in [7, 11) is -3.62. The Morgan fingerprint density at radius 2 is 1.94 bits per heavy atom. The minimum atomic E-state index is -3.62. The van der Waals surface area contributed by atoms with Crippen LogP contribution in [-0.4, -0.2) is 14.5 Å². The Hall–Kier alpha value is -1.09. The summed E-state index contributed by atoms with van der Waals surface area (Å²) in [4.78, 5) is 0.128. The Kier molecular flexibility index (Phi) is 3.38. The topological polar surface area (TPSA) is 70.0 Å². The first-order chi connectivity index (χ1) is 8.03. The van der Waals surface area contributed by atoms with Crippen LogP contribution >= 0.6 is 11.6 Å². The van der Waals surface area contributed by atoms with Gasteiger partial charge in [0.15, 0.2) is 0 Å². The molecule has 1 aliphatic carbocycles. The fourth-order valence-electron chi connectivity index (χ4n) is 1.51. The zero-order valence-electron chi connectivity index (χ0n) is 8.93. The Morgan fingerprint density at radius 1 is 1.35 bits per heavy atom. The summed E-state index contributed by atoms with van der Waals surface area (Å²) in [5, 5.41) is 9.37. The average Bonchev–Trinajstić information content (AvgIpc) is 3.10. The molecule has 6 heteroatoms. The summed E-state index contributed by atoms with van der Waals surface area (Å²) in [5.74, 6) is 0.155. The lowest BCUT2D eigenvalue weighted by atomic mass is 10.2. The van der Waals surface area contributed by atoms with E-state index in [1.807, 2.05) is 6.07 Å². The van der Waals surface area contributed by atoms with Crippen molar-refractivity contribution in [1.82, 2.24) is 4.72 Å². The van der Waals surface area contributed by atoms with Gasteiger partial charge in [-0.1, -0.05) is 11.6 Å². The molecule has 4 nitrogen and oxygen atoms in total. The standard InChI is InChI=1S/C11H11ClN2O2S/c12-9-3-5-10(6-4-9)17(15,16)14-11(7-13)8-1-2-8/h3-6,8,11,14H,1-2H2.